The van der Waals surface area contributed by atoms with Crippen molar-refractivity contribution < 1.29 is 13.2 Å². The Hall–Kier alpha value is -1.82. The number of nitrogens with zero attached hydrogens (tertiary/aromatic N) is 4. The SMILES string of the molecule is CCNC(=NCCOc1ccc(S(C)(=O)=O)cc1)N1CCC(C)C(n2ccnc2)C1.I. The molecule has 1 aliphatic heterocycles. The average Bonchev–Trinajstić information content (AvgIpc) is 3.25. The molecule has 1 fully saturated rings. The molecule has 1 aromatic carbocycles. The summed E-state index contributed by atoms with van der Waals surface area (Å²) in [4.78, 5) is 11.5. The minimum absolute atomic E-state index is 0. The Bertz CT molecular complexity index is 932. The number of rotatable bonds is 7. The Morgan fingerprint density at radius 3 is 2.68 bits per heavy atom. The van der Waals surface area contributed by atoms with E-state index in [2.05, 4.69) is 33.6 Å². The standard InChI is InChI=1S/C21H31N5O3S.HI/c1-4-23-21(25-12-9-17(2)20(15-25)26-13-10-22-16-26)24-11-14-29-18-5-7-19(8-6-18)30(3,27)28;/h5-8,10,13,16-17,20H,4,9,11-12,14-15H2,1-3H3,(H,23,24);1H. The monoisotopic (exact) mass is 561 g/mol. The fourth-order valence-electron chi connectivity index (χ4n) is 3.62. The number of likely N-dealkylation sites (tertiary alicyclic amines) is 1. The van der Waals surface area contributed by atoms with Gasteiger partial charge in [0.2, 0.25) is 0 Å². The van der Waals surface area contributed by atoms with Gasteiger partial charge in [-0.3, -0.25) is 0 Å². The van der Waals surface area contributed by atoms with E-state index in [1.165, 1.54) is 6.26 Å². The summed E-state index contributed by atoms with van der Waals surface area (Å²) < 4.78 is 31.0. The Labute approximate surface area is 202 Å². The summed E-state index contributed by atoms with van der Waals surface area (Å²) in [6.07, 6.45) is 8.02. The molecule has 2 atom stereocenters. The first-order chi connectivity index (χ1) is 14.4. The predicted molar refractivity (Wildman–Crippen MR) is 133 cm³/mol. The lowest BCUT2D eigenvalue weighted by Gasteiger charge is -2.39. The number of ether oxygens (including phenoxy) is 1. The van der Waals surface area contributed by atoms with Gasteiger partial charge in [0.05, 0.1) is 23.8 Å². The zero-order chi connectivity index (χ0) is 21.6. The second kappa shape index (κ2) is 11.7. The predicted octanol–water partition coefficient (Wildman–Crippen LogP) is 2.83. The second-order valence-electron chi connectivity index (χ2n) is 7.62. The Morgan fingerprint density at radius 2 is 2.06 bits per heavy atom. The smallest absolute Gasteiger partial charge is 0.194 e. The zero-order valence-electron chi connectivity index (χ0n) is 18.3. The van der Waals surface area contributed by atoms with Gasteiger partial charge in [-0.15, -0.1) is 24.0 Å². The number of hydrogen-bond donors (Lipinski definition) is 1. The fourth-order valence-corrected chi connectivity index (χ4v) is 4.25. The van der Waals surface area contributed by atoms with Gasteiger partial charge in [0.1, 0.15) is 12.4 Å². The van der Waals surface area contributed by atoms with E-state index < -0.39 is 9.84 Å². The van der Waals surface area contributed by atoms with Crippen LogP contribution in [0.4, 0.5) is 0 Å². The lowest BCUT2D eigenvalue weighted by Crippen LogP contribution is -2.49. The molecule has 1 aromatic heterocycles. The number of aliphatic imine (C=N–C) groups is 1. The van der Waals surface area contributed by atoms with Crippen LogP contribution in [0.3, 0.4) is 0 Å². The summed E-state index contributed by atoms with van der Waals surface area (Å²) in [6, 6.07) is 6.83. The van der Waals surface area contributed by atoms with Gasteiger partial charge in [0, 0.05) is 38.3 Å². The molecule has 0 aliphatic carbocycles. The van der Waals surface area contributed by atoms with E-state index in [1.54, 1.807) is 24.3 Å². The van der Waals surface area contributed by atoms with Crippen LogP contribution in [0.5, 0.6) is 5.75 Å². The van der Waals surface area contributed by atoms with Crippen molar-refractivity contribution in [2.45, 2.75) is 31.2 Å². The van der Waals surface area contributed by atoms with Crippen molar-refractivity contribution in [1.82, 2.24) is 19.8 Å². The number of hydrogen-bond acceptors (Lipinski definition) is 5. The molecule has 1 saturated heterocycles. The molecule has 2 heterocycles. The first-order valence-electron chi connectivity index (χ1n) is 10.3. The summed E-state index contributed by atoms with van der Waals surface area (Å²) in [5, 5.41) is 3.38. The highest BCUT2D eigenvalue weighted by Crippen LogP contribution is 2.27. The number of benzene rings is 1. The second-order valence-corrected chi connectivity index (χ2v) is 9.63. The highest BCUT2D eigenvalue weighted by Gasteiger charge is 2.28. The molecule has 0 saturated carbocycles. The van der Waals surface area contributed by atoms with Gasteiger partial charge in [0.15, 0.2) is 15.8 Å². The van der Waals surface area contributed by atoms with Crippen LogP contribution in [0.15, 0.2) is 52.9 Å². The van der Waals surface area contributed by atoms with Gasteiger partial charge in [-0.2, -0.15) is 0 Å². The maximum atomic E-state index is 11.5. The third-order valence-electron chi connectivity index (χ3n) is 5.33. The molecule has 0 spiro atoms. The molecular weight excluding hydrogens is 529 g/mol. The number of piperidine rings is 1. The third-order valence-corrected chi connectivity index (χ3v) is 6.46. The zero-order valence-corrected chi connectivity index (χ0v) is 21.4. The molecule has 0 amide bonds. The first kappa shape index (κ1) is 25.4. The molecule has 2 aromatic rings. The van der Waals surface area contributed by atoms with Gasteiger partial charge in [-0.25, -0.2) is 18.4 Å². The molecule has 3 rings (SSSR count). The lowest BCUT2D eigenvalue weighted by atomic mass is 9.93. The summed E-state index contributed by atoms with van der Waals surface area (Å²) in [7, 11) is -3.20. The minimum Gasteiger partial charge on any atom is -0.492 e. The fraction of sp³-hybridized carbons (Fsp3) is 0.524. The van der Waals surface area contributed by atoms with Crippen molar-refractivity contribution in [2.75, 3.05) is 39.0 Å². The maximum Gasteiger partial charge on any atom is 0.194 e. The molecule has 1 N–H and O–H groups in total. The first-order valence-corrected chi connectivity index (χ1v) is 12.2. The van der Waals surface area contributed by atoms with E-state index in [0.29, 0.717) is 30.9 Å². The van der Waals surface area contributed by atoms with E-state index in [9.17, 15) is 8.42 Å². The molecule has 0 bridgehead atoms. The Morgan fingerprint density at radius 1 is 1.32 bits per heavy atom. The van der Waals surface area contributed by atoms with Crippen molar-refractivity contribution in [3.8, 4) is 5.75 Å². The van der Waals surface area contributed by atoms with Crippen LogP contribution >= 0.6 is 24.0 Å². The van der Waals surface area contributed by atoms with Crippen molar-refractivity contribution in [3.63, 3.8) is 0 Å². The average molecular weight is 561 g/mol. The highest BCUT2D eigenvalue weighted by atomic mass is 127. The van der Waals surface area contributed by atoms with Crippen LogP contribution in [-0.4, -0.2) is 67.9 Å². The van der Waals surface area contributed by atoms with Gasteiger partial charge >= 0.3 is 0 Å². The quantitative estimate of drug-likeness (QED) is 0.242. The minimum atomic E-state index is -3.20. The van der Waals surface area contributed by atoms with E-state index in [4.69, 9.17) is 9.73 Å². The molecule has 2 unspecified atom stereocenters. The van der Waals surface area contributed by atoms with E-state index in [1.807, 2.05) is 18.7 Å². The summed E-state index contributed by atoms with van der Waals surface area (Å²) in [5.74, 6) is 2.11. The highest BCUT2D eigenvalue weighted by molar-refractivity contribution is 14.0. The van der Waals surface area contributed by atoms with E-state index >= 15 is 0 Å². The van der Waals surface area contributed by atoms with Gasteiger partial charge in [0.25, 0.3) is 0 Å². The largest absolute Gasteiger partial charge is 0.492 e. The molecule has 0 radical (unpaired) electrons. The number of aromatic nitrogens is 2. The van der Waals surface area contributed by atoms with Crippen LogP contribution in [-0.2, 0) is 9.84 Å². The van der Waals surface area contributed by atoms with Crippen LogP contribution in [0, 0.1) is 5.92 Å². The molecule has 31 heavy (non-hydrogen) atoms. The van der Waals surface area contributed by atoms with Gasteiger partial charge in [-0.05, 0) is 43.5 Å². The summed E-state index contributed by atoms with van der Waals surface area (Å²) >= 11 is 0. The number of sulfone groups is 1. The summed E-state index contributed by atoms with van der Waals surface area (Å²) in [5.41, 5.74) is 0. The number of nitrogens with one attached hydrogen (secondary N) is 1. The number of guanidine groups is 1. The van der Waals surface area contributed by atoms with Crippen LogP contribution in [0.1, 0.15) is 26.3 Å². The van der Waals surface area contributed by atoms with Crippen molar-refractivity contribution in [2.24, 2.45) is 10.9 Å². The Kier molecular flexibility index (Phi) is 9.60. The Balaban J connectivity index is 0.00000341. The van der Waals surface area contributed by atoms with Crippen molar-refractivity contribution >= 4 is 39.8 Å². The molecular formula is C21H32IN5O3S. The van der Waals surface area contributed by atoms with Crippen molar-refractivity contribution in [1.29, 1.82) is 0 Å². The topological polar surface area (TPSA) is 88.8 Å². The van der Waals surface area contributed by atoms with E-state index in [-0.39, 0.29) is 28.9 Å². The molecule has 8 nitrogen and oxygen atoms in total. The number of imidazole rings is 1. The van der Waals surface area contributed by atoms with Crippen LogP contribution in [0.2, 0.25) is 0 Å². The normalized spacial score (nSPS) is 19.6. The van der Waals surface area contributed by atoms with Gasteiger partial charge < -0.3 is 19.5 Å². The van der Waals surface area contributed by atoms with Gasteiger partial charge in [-0.1, -0.05) is 6.92 Å². The maximum absolute atomic E-state index is 11.5. The van der Waals surface area contributed by atoms with E-state index in [0.717, 1.165) is 32.0 Å². The van der Waals surface area contributed by atoms with Crippen molar-refractivity contribution in [3.05, 3.63) is 43.0 Å². The molecule has 10 heteroatoms. The molecule has 172 valence electrons. The lowest BCUT2D eigenvalue weighted by molar-refractivity contribution is 0.188. The number of halogens is 1. The summed E-state index contributed by atoms with van der Waals surface area (Å²) in [6.45, 7) is 7.93. The molecule has 1 aliphatic rings. The third kappa shape index (κ3) is 7.09. The van der Waals surface area contributed by atoms with Crippen LogP contribution < -0.4 is 10.1 Å². The van der Waals surface area contributed by atoms with Crippen LogP contribution in [0.25, 0.3) is 0 Å².